The van der Waals surface area contributed by atoms with E-state index >= 15 is 0 Å². The summed E-state index contributed by atoms with van der Waals surface area (Å²) in [5, 5.41) is 4.24. The van der Waals surface area contributed by atoms with Gasteiger partial charge < -0.3 is 14.8 Å². The molecule has 0 unspecified atom stereocenters. The topological polar surface area (TPSA) is 46.0 Å². The standard InChI is InChI=1S/C27H27N5S/c1-18(2)20-10-12-21(13-11-20)32-26(25(30-27(32)33)22-7-4-5-15-28-22)23-8-6-16-31(23)24-14-9-19(3)17-29-24/h4-18,25-26H,1-3H3,(H,30,33)/t25-,26-/m0/s1. The van der Waals surface area contributed by atoms with Crippen LogP contribution in [0.2, 0.25) is 0 Å². The molecule has 5 rings (SSSR count). The zero-order valence-corrected chi connectivity index (χ0v) is 19.8. The molecule has 1 saturated heterocycles. The molecule has 0 saturated carbocycles. The Morgan fingerprint density at radius 2 is 1.76 bits per heavy atom. The molecule has 2 atom stereocenters. The summed E-state index contributed by atoms with van der Waals surface area (Å²) in [7, 11) is 0. The van der Waals surface area contributed by atoms with Crippen molar-refractivity contribution in [3.05, 3.63) is 108 Å². The van der Waals surface area contributed by atoms with Crippen molar-refractivity contribution in [2.24, 2.45) is 0 Å². The van der Waals surface area contributed by atoms with Crippen molar-refractivity contribution in [1.82, 2.24) is 19.9 Å². The van der Waals surface area contributed by atoms with Crippen LogP contribution in [0, 0.1) is 6.92 Å². The smallest absolute Gasteiger partial charge is 0.174 e. The molecule has 6 heteroatoms. The summed E-state index contributed by atoms with van der Waals surface area (Å²) in [5.41, 5.74) is 5.55. The number of aryl methyl sites for hydroxylation is 1. The van der Waals surface area contributed by atoms with Gasteiger partial charge in [0.05, 0.1) is 11.7 Å². The number of anilines is 1. The Bertz CT molecular complexity index is 1250. The van der Waals surface area contributed by atoms with Crippen LogP contribution in [0.1, 0.15) is 54.4 Å². The fraction of sp³-hybridized carbons (Fsp3) is 0.222. The predicted octanol–water partition coefficient (Wildman–Crippen LogP) is 5.88. The van der Waals surface area contributed by atoms with Crippen LogP contribution in [0.15, 0.2) is 85.3 Å². The quantitative estimate of drug-likeness (QED) is 0.383. The molecule has 0 radical (unpaired) electrons. The SMILES string of the molecule is Cc1ccc(-n2cccc2[C@H]2[C@H](c3ccccn3)NC(=S)N2c2ccc(C(C)C)cc2)nc1. The molecule has 5 nitrogen and oxygen atoms in total. The normalized spacial score (nSPS) is 18.1. The van der Waals surface area contributed by atoms with E-state index in [1.54, 1.807) is 0 Å². The van der Waals surface area contributed by atoms with E-state index in [1.807, 2.05) is 31.5 Å². The second-order valence-corrected chi connectivity index (χ2v) is 9.13. The van der Waals surface area contributed by atoms with Gasteiger partial charge in [0.25, 0.3) is 0 Å². The van der Waals surface area contributed by atoms with Crippen molar-refractivity contribution in [3.63, 3.8) is 0 Å². The lowest BCUT2D eigenvalue weighted by Crippen LogP contribution is -2.30. The van der Waals surface area contributed by atoms with Gasteiger partial charge in [-0.3, -0.25) is 4.98 Å². The molecule has 0 amide bonds. The summed E-state index contributed by atoms with van der Waals surface area (Å²) in [6, 6.07) is 22.9. The third-order valence-electron chi connectivity index (χ3n) is 6.16. The maximum atomic E-state index is 5.87. The van der Waals surface area contributed by atoms with Crippen molar-refractivity contribution in [2.45, 2.75) is 38.8 Å². The molecule has 4 aromatic rings. The molecular formula is C27H27N5S. The molecule has 1 aromatic carbocycles. The molecule has 1 aliphatic rings. The molecule has 1 N–H and O–H groups in total. The third kappa shape index (κ3) is 4.02. The highest BCUT2D eigenvalue weighted by atomic mass is 32.1. The summed E-state index contributed by atoms with van der Waals surface area (Å²) in [6.45, 7) is 6.46. The van der Waals surface area contributed by atoms with Gasteiger partial charge in [-0.25, -0.2) is 4.98 Å². The Hall–Kier alpha value is -3.51. The molecule has 3 aromatic heterocycles. The van der Waals surface area contributed by atoms with Crippen LogP contribution in [0.25, 0.3) is 5.82 Å². The minimum absolute atomic E-state index is 0.0876. The average Bonchev–Trinajstić information content (AvgIpc) is 3.44. The first kappa shape index (κ1) is 21.3. The minimum Gasteiger partial charge on any atom is -0.351 e. The lowest BCUT2D eigenvalue weighted by molar-refractivity contribution is 0.548. The van der Waals surface area contributed by atoms with E-state index in [9.17, 15) is 0 Å². The Labute approximate surface area is 200 Å². The number of aromatic nitrogens is 3. The lowest BCUT2D eigenvalue weighted by Gasteiger charge is -2.29. The van der Waals surface area contributed by atoms with Gasteiger partial charge >= 0.3 is 0 Å². The zero-order chi connectivity index (χ0) is 22.9. The maximum absolute atomic E-state index is 5.87. The highest BCUT2D eigenvalue weighted by molar-refractivity contribution is 7.80. The third-order valence-corrected chi connectivity index (χ3v) is 6.48. The van der Waals surface area contributed by atoms with Crippen LogP contribution < -0.4 is 10.2 Å². The molecule has 166 valence electrons. The second kappa shape index (κ2) is 8.79. The van der Waals surface area contributed by atoms with E-state index in [2.05, 4.69) is 99.4 Å². The van der Waals surface area contributed by atoms with E-state index in [0.29, 0.717) is 11.0 Å². The highest BCUT2D eigenvalue weighted by Gasteiger charge is 2.42. The van der Waals surface area contributed by atoms with E-state index in [4.69, 9.17) is 12.2 Å². The van der Waals surface area contributed by atoms with Gasteiger partial charge in [-0.2, -0.15) is 0 Å². The van der Waals surface area contributed by atoms with Crippen molar-refractivity contribution < 1.29 is 0 Å². The van der Waals surface area contributed by atoms with Crippen LogP contribution in [-0.4, -0.2) is 19.6 Å². The molecule has 4 heterocycles. The minimum atomic E-state index is -0.0948. The molecule has 1 fully saturated rings. The molecule has 1 aliphatic heterocycles. The summed E-state index contributed by atoms with van der Waals surface area (Å²) >= 11 is 5.87. The molecule has 0 aliphatic carbocycles. The fourth-order valence-corrected chi connectivity index (χ4v) is 4.75. The van der Waals surface area contributed by atoms with Gasteiger partial charge in [0, 0.05) is 30.0 Å². The number of hydrogen-bond acceptors (Lipinski definition) is 3. The number of rotatable bonds is 5. The van der Waals surface area contributed by atoms with Gasteiger partial charge in [-0.1, -0.05) is 38.1 Å². The Kier molecular flexibility index (Phi) is 5.68. The summed E-state index contributed by atoms with van der Waals surface area (Å²) < 4.78 is 2.14. The molecule has 33 heavy (non-hydrogen) atoms. The molecule has 0 bridgehead atoms. The first-order valence-electron chi connectivity index (χ1n) is 11.2. The van der Waals surface area contributed by atoms with Crippen molar-refractivity contribution in [2.75, 3.05) is 4.90 Å². The largest absolute Gasteiger partial charge is 0.351 e. The maximum Gasteiger partial charge on any atom is 0.174 e. The zero-order valence-electron chi connectivity index (χ0n) is 19.0. The van der Waals surface area contributed by atoms with Crippen LogP contribution >= 0.6 is 12.2 Å². The average molecular weight is 454 g/mol. The number of benzene rings is 1. The number of thiocarbonyl (C=S) groups is 1. The number of nitrogens with one attached hydrogen (secondary N) is 1. The fourth-order valence-electron chi connectivity index (χ4n) is 4.40. The first-order valence-corrected chi connectivity index (χ1v) is 11.6. The Morgan fingerprint density at radius 3 is 2.42 bits per heavy atom. The van der Waals surface area contributed by atoms with Crippen LogP contribution in [-0.2, 0) is 0 Å². The summed E-state index contributed by atoms with van der Waals surface area (Å²) in [4.78, 5) is 11.5. The summed E-state index contributed by atoms with van der Waals surface area (Å²) in [5.74, 6) is 1.36. The first-order chi connectivity index (χ1) is 16.0. The van der Waals surface area contributed by atoms with Gasteiger partial charge in [0.15, 0.2) is 5.11 Å². The van der Waals surface area contributed by atoms with E-state index in [0.717, 1.165) is 28.5 Å². The van der Waals surface area contributed by atoms with Crippen LogP contribution in [0.4, 0.5) is 5.69 Å². The van der Waals surface area contributed by atoms with Gasteiger partial charge in [0.1, 0.15) is 11.9 Å². The van der Waals surface area contributed by atoms with Crippen molar-refractivity contribution in [1.29, 1.82) is 0 Å². The van der Waals surface area contributed by atoms with Gasteiger partial charge in [-0.05, 0) is 78.7 Å². The number of hydrogen-bond donors (Lipinski definition) is 1. The Morgan fingerprint density at radius 1 is 0.939 bits per heavy atom. The van der Waals surface area contributed by atoms with E-state index in [1.165, 1.54) is 5.56 Å². The predicted molar refractivity (Wildman–Crippen MR) is 137 cm³/mol. The highest BCUT2D eigenvalue weighted by Crippen LogP contribution is 2.42. The van der Waals surface area contributed by atoms with Crippen LogP contribution in [0.3, 0.4) is 0 Å². The van der Waals surface area contributed by atoms with E-state index < -0.39 is 0 Å². The van der Waals surface area contributed by atoms with Crippen molar-refractivity contribution >= 4 is 23.0 Å². The van der Waals surface area contributed by atoms with Crippen LogP contribution in [0.5, 0.6) is 0 Å². The number of pyridine rings is 2. The van der Waals surface area contributed by atoms with Gasteiger partial charge in [-0.15, -0.1) is 0 Å². The Balaban J connectivity index is 1.63. The van der Waals surface area contributed by atoms with E-state index in [-0.39, 0.29) is 12.1 Å². The number of nitrogens with zero attached hydrogens (tertiary/aromatic N) is 4. The lowest BCUT2D eigenvalue weighted by atomic mass is 9.99. The summed E-state index contributed by atoms with van der Waals surface area (Å²) in [6.07, 6.45) is 5.79. The van der Waals surface area contributed by atoms with Crippen molar-refractivity contribution in [3.8, 4) is 5.82 Å². The molecular weight excluding hydrogens is 426 g/mol. The van der Waals surface area contributed by atoms with Gasteiger partial charge in [0.2, 0.25) is 0 Å². The molecule has 0 spiro atoms. The monoisotopic (exact) mass is 453 g/mol. The second-order valence-electron chi connectivity index (χ2n) is 8.74.